The maximum atomic E-state index is 12.3. The molecule has 0 atom stereocenters. The molecule has 2 rings (SSSR count). The minimum Gasteiger partial charge on any atom is -0.452 e. The zero-order valence-corrected chi connectivity index (χ0v) is 14.2. The van der Waals surface area contributed by atoms with Gasteiger partial charge in [0.15, 0.2) is 6.61 Å². The highest BCUT2D eigenvalue weighted by Crippen LogP contribution is 2.13. The van der Waals surface area contributed by atoms with E-state index < -0.39 is 5.97 Å². The molecular formula is C21H18N2O3. The number of para-hydroxylation sites is 1. The van der Waals surface area contributed by atoms with Gasteiger partial charge in [0.05, 0.1) is 11.6 Å². The molecule has 0 aliphatic heterocycles. The molecule has 0 N–H and O–H groups in total. The van der Waals surface area contributed by atoms with Crippen LogP contribution in [0.1, 0.15) is 11.1 Å². The predicted octanol–water partition coefficient (Wildman–Crippen LogP) is 3.33. The van der Waals surface area contributed by atoms with Crippen molar-refractivity contribution in [1.82, 2.24) is 0 Å². The Labute approximate surface area is 152 Å². The molecule has 0 unspecified atom stereocenters. The fraction of sp³-hybridized carbons (Fsp3) is 0.0952. The van der Waals surface area contributed by atoms with Gasteiger partial charge in [-0.05, 0) is 35.9 Å². The van der Waals surface area contributed by atoms with E-state index in [1.165, 1.54) is 11.0 Å². The van der Waals surface area contributed by atoms with Crippen LogP contribution in [0.25, 0.3) is 6.08 Å². The molecule has 0 aromatic heterocycles. The van der Waals surface area contributed by atoms with Gasteiger partial charge in [0.2, 0.25) is 0 Å². The average molecular weight is 346 g/mol. The van der Waals surface area contributed by atoms with Crippen molar-refractivity contribution in [2.45, 2.75) is 0 Å². The Morgan fingerprint density at radius 3 is 2.42 bits per heavy atom. The summed E-state index contributed by atoms with van der Waals surface area (Å²) >= 11 is 0. The van der Waals surface area contributed by atoms with Crippen LogP contribution in [0.4, 0.5) is 5.69 Å². The summed E-state index contributed by atoms with van der Waals surface area (Å²) in [6.45, 7) is 3.61. The van der Waals surface area contributed by atoms with Crippen LogP contribution in [-0.4, -0.2) is 25.0 Å². The summed E-state index contributed by atoms with van der Waals surface area (Å²) in [6, 6.07) is 17.9. The summed E-state index contributed by atoms with van der Waals surface area (Å²) in [6.07, 6.45) is 4.42. The lowest BCUT2D eigenvalue weighted by molar-refractivity contribution is -0.142. The lowest BCUT2D eigenvalue weighted by atomic mass is 10.1. The Balaban J connectivity index is 1.92. The predicted molar refractivity (Wildman–Crippen MR) is 100 cm³/mol. The van der Waals surface area contributed by atoms with Crippen molar-refractivity contribution in [3.8, 4) is 6.07 Å². The van der Waals surface area contributed by atoms with Gasteiger partial charge in [0.25, 0.3) is 5.91 Å². The summed E-state index contributed by atoms with van der Waals surface area (Å²) < 4.78 is 5.02. The zero-order chi connectivity index (χ0) is 18.8. The van der Waals surface area contributed by atoms with E-state index >= 15 is 0 Å². The lowest BCUT2D eigenvalue weighted by Crippen LogP contribution is -2.34. The van der Waals surface area contributed by atoms with Gasteiger partial charge in [0.1, 0.15) is 0 Å². The van der Waals surface area contributed by atoms with Crippen LogP contribution in [0.15, 0.2) is 73.3 Å². The molecule has 0 aliphatic carbocycles. The molecule has 0 heterocycles. The van der Waals surface area contributed by atoms with Crippen molar-refractivity contribution < 1.29 is 14.3 Å². The molecule has 26 heavy (non-hydrogen) atoms. The van der Waals surface area contributed by atoms with Crippen molar-refractivity contribution in [2.24, 2.45) is 0 Å². The number of ether oxygens (including phenoxy) is 1. The number of hydrogen-bond donors (Lipinski definition) is 0. The number of hydrogen-bond acceptors (Lipinski definition) is 4. The number of nitriles is 1. The zero-order valence-electron chi connectivity index (χ0n) is 14.2. The van der Waals surface area contributed by atoms with Crippen molar-refractivity contribution in [3.05, 3.63) is 84.5 Å². The van der Waals surface area contributed by atoms with Crippen LogP contribution < -0.4 is 4.90 Å². The molecule has 0 spiro atoms. The standard InChI is InChI=1S/C21H18N2O3/c1-2-14-23(19-6-4-3-5-7-19)20(24)16-26-21(25)13-12-17-8-10-18(15-22)11-9-17/h2-13H,1,14,16H2/b13-12+. The first-order valence-corrected chi connectivity index (χ1v) is 7.95. The maximum absolute atomic E-state index is 12.3. The molecule has 5 heteroatoms. The Bertz CT molecular complexity index is 834. The van der Waals surface area contributed by atoms with E-state index in [4.69, 9.17) is 10.00 Å². The van der Waals surface area contributed by atoms with Crippen molar-refractivity contribution >= 4 is 23.6 Å². The minimum absolute atomic E-state index is 0.321. The fourth-order valence-corrected chi connectivity index (χ4v) is 2.18. The number of anilines is 1. The molecule has 0 fully saturated rings. The van der Waals surface area contributed by atoms with Crippen LogP contribution in [0.3, 0.4) is 0 Å². The lowest BCUT2D eigenvalue weighted by Gasteiger charge is -2.20. The first kappa shape index (κ1) is 18.7. The molecule has 2 aromatic carbocycles. The van der Waals surface area contributed by atoms with E-state index in [0.717, 1.165) is 5.56 Å². The number of carbonyl (C=O) groups excluding carboxylic acids is 2. The fourth-order valence-electron chi connectivity index (χ4n) is 2.18. The van der Waals surface area contributed by atoms with Crippen LogP contribution in [0, 0.1) is 11.3 Å². The molecule has 2 aromatic rings. The molecule has 0 radical (unpaired) electrons. The highest BCUT2D eigenvalue weighted by Gasteiger charge is 2.15. The van der Waals surface area contributed by atoms with Crippen molar-refractivity contribution in [1.29, 1.82) is 5.26 Å². The first-order chi connectivity index (χ1) is 12.6. The number of carbonyl (C=O) groups is 2. The second kappa shape index (κ2) is 9.60. The second-order valence-electron chi connectivity index (χ2n) is 5.30. The maximum Gasteiger partial charge on any atom is 0.331 e. The highest BCUT2D eigenvalue weighted by molar-refractivity contribution is 5.96. The Kier molecular flexibility index (Phi) is 6.90. The van der Waals surface area contributed by atoms with E-state index in [2.05, 4.69) is 6.58 Å². The van der Waals surface area contributed by atoms with Crippen molar-refractivity contribution in [2.75, 3.05) is 18.1 Å². The van der Waals surface area contributed by atoms with Gasteiger partial charge < -0.3 is 9.64 Å². The third-order valence-electron chi connectivity index (χ3n) is 3.47. The number of nitrogens with zero attached hydrogens (tertiary/aromatic N) is 2. The van der Waals surface area contributed by atoms with E-state index in [9.17, 15) is 9.59 Å². The topological polar surface area (TPSA) is 70.4 Å². The monoisotopic (exact) mass is 346 g/mol. The first-order valence-electron chi connectivity index (χ1n) is 7.95. The molecule has 130 valence electrons. The summed E-state index contributed by atoms with van der Waals surface area (Å²) in [5.74, 6) is -0.953. The van der Waals surface area contributed by atoms with Gasteiger partial charge in [0, 0.05) is 18.3 Å². The Hall–Kier alpha value is -3.65. The van der Waals surface area contributed by atoms with Gasteiger partial charge in [-0.25, -0.2) is 4.79 Å². The number of rotatable bonds is 7. The summed E-state index contributed by atoms with van der Waals surface area (Å²) in [5.41, 5.74) is 2.00. The molecule has 0 saturated heterocycles. The van der Waals surface area contributed by atoms with Gasteiger partial charge in [-0.2, -0.15) is 5.26 Å². The van der Waals surface area contributed by atoms with Gasteiger partial charge >= 0.3 is 5.97 Å². The molecule has 5 nitrogen and oxygen atoms in total. The van der Waals surface area contributed by atoms with Gasteiger partial charge in [-0.15, -0.1) is 6.58 Å². The smallest absolute Gasteiger partial charge is 0.331 e. The Morgan fingerprint density at radius 1 is 1.12 bits per heavy atom. The van der Waals surface area contributed by atoms with E-state index in [0.29, 0.717) is 17.8 Å². The van der Waals surface area contributed by atoms with Crippen LogP contribution in [-0.2, 0) is 14.3 Å². The number of benzene rings is 2. The Morgan fingerprint density at radius 2 is 1.81 bits per heavy atom. The van der Waals surface area contributed by atoms with E-state index in [-0.39, 0.29) is 12.5 Å². The minimum atomic E-state index is -0.616. The van der Waals surface area contributed by atoms with Gasteiger partial charge in [-0.3, -0.25) is 4.79 Å². The number of amides is 1. The third-order valence-corrected chi connectivity index (χ3v) is 3.47. The normalized spacial score (nSPS) is 10.1. The second-order valence-corrected chi connectivity index (χ2v) is 5.30. The summed E-state index contributed by atoms with van der Waals surface area (Å²) in [4.78, 5) is 25.6. The summed E-state index contributed by atoms with van der Waals surface area (Å²) in [5, 5.41) is 8.75. The molecule has 0 saturated carbocycles. The highest BCUT2D eigenvalue weighted by atomic mass is 16.5. The molecule has 0 bridgehead atoms. The SMILES string of the molecule is C=CCN(C(=O)COC(=O)/C=C/c1ccc(C#N)cc1)c1ccccc1. The largest absolute Gasteiger partial charge is 0.452 e. The third kappa shape index (κ3) is 5.46. The van der Waals surface area contributed by atoms with E-state index in [1.54, 1.807) is 48.6 Å². The average Bonchev–Trinajstić information content (AvgIpc) is 2.69. The van der Waals surface area contributed by atoms with Gasteiger partial charge in [-0.1, -0.05) is 36.4 Å². The van der Waals surface area contributed by atoms with Crippen LogP contribution in [0.5, 0.6) is 0 Å². The molecular weight excluding hydrogens is 328 g/mol. The molecule has 1 amide bonds. The quantitative estimate of drug-likeness (QED) is 0.438. The van der Waals surface area contributed by atoms with Crippen LogP contribution >= 0.6 is 0 Å². The van der Waals surface area contributed by atoms with Crippen LogP contribution in [0.2, 0.25) is 0 Å². The number of esters is 1. The summed E-state index contributed by atoms with van der Waals surface area (Å²) in [7, 11) is 0. The van der Waals surface area contributed by atoms with Crippen molar-refractivity contribution in [3.63, 3.8) is 0 Å². The molecule has 0 aliphatic rings. The van der Waals surface area contributed by atoms with E-state index in [1.807, 2.05) is 24.3 Å².